The summed E-state index contributed by atoms with van der Waals surface area (Å²) in [6.45, 7) is 0. The Balaban J connectivity index is 3.15. The van der Waals surface area contributed by atoms with Crippen molar-refractivity contribution in [1.29, 1.82) is 0 Å². The summed E-state index contributed by atoms with van der Waals surface area (Å²) in [6.07, 6.45) is -0.738. The number of benzene rings is 1. The van der Waals surface area contributed by atoms with E-state index >= 15 is 0 Å². The molecule has 9 heavy (non-hydrogen) atoms. The highest BCUT2D eigenvalue weighted by Gasteiger charge is 1.90. The van der Waals surface area contributed by atoms with Gasteiger partial charge in [-0.1, -0.05) is 12.1 Å². The van der Waals surface area contributed by atoms with Crippen LogP contribution in [0.15, 0.2) is 24.3 Å². The average Bonchev–Trinajstić information content (AvgIpc) is 1.88. The van der Waals surface area contributed by atoms with Gasteiger partial charge in [0.1, 0.15) is 1.37 Å². The molecule has 1 aromatic rings. The molecule has 0 aromatic heterocycles. The van der Waals surface area contributed by atoms with Crippen LogP contribution >= 0.6 is 0 Å². The predicted molar refractivity (Wildman–Crippen MR) is 36.2 cm³/mol. The van der Waals surface area contributed by atoms with Crippen LogP contribution in [0.3, 0.4) is 0 Å². The van der Waals surface area contributed by atoms with Gasteiger partial charge in [-0.05, 0) is 12.1 Å². The maximum absolute atomic E-state index is 10.5. The van der Waals surface area contributed by atoms with Gasteiger partial charge in [-0.3, -0.25) is 4.79 Å². The molecule has 1 aromatic carbocycles. The normalized spacial score (nSPS) is 10.4. The highest BCUT2D eigenvalue weighted by Crippen LogP contribution is 2.05. The van der Waals surface area contributed by atoms with E-state index in [0.29, 0.717) is 5.69 Å². The lowest BCUT2D eigenvalue weighted by atomic mass is 10.2. The molecule has 0 spiro atoms. The number of hydrogen-bond donors (Lipinski definition) is 1. The van der Waals surface area contributed by atoms with E-state index in [9.17, 15) is 4.79 Å². The third kappa shape index (κ3) is 1.08. The van der Waals surface area contributed by atoms with Crippen molar-refractivity contribution in [3.63, 3.8) is 0 Å². The quantitative estimate of drug-likeness (QED) is 0.448. The zero-order chi connectivity index (χ0) is 7.56. The van der Waals surface area contributed by atoms with Crippen molar-refractivity contribution in [2.24, 2.45) is 0 Å². The number of hydrogen-bond acceptors (Lipinski definition) is 2. The minimum Gasteiger partial charge on any atom is -0.398 e. The second kappa shape index (κ2) is 2.31. The first-order valence-corrected chi connectivity index (χ1v) is 2.57. The maximum Gasteiger partial charge on any atom is 0.152 e. The summed E-state index contributed by atoms with van der Waals surface area (Å²) in [7, 11) is 0. The number of rotatable bonds is 1. The van der Waals surface area contributed by atoms with Gasteiger partial charge in [0.25, 0.3) is 0 Å². The molecule has 0 saturated heterocycles. The Labute approximate surface area is 54.7 Å². The first kappa shape index (κ1) is 4.56. The lowest BCUT2D eigenvalue weighted by Crippen LogP contribution is -1.90. The zero-order valence-electron chi connectivity index (χ0n) is 5.79. The van der Waals surface area contributed by atoms with Crippen molar-refractivity contribution >= 4 is 11.9 Å². The lowest BCUT2D eigenvalue weighted by molar-refractivity contribution is 0.112. The molecule has 0 aliphatic carbocycles. The van der Waals surface area contributed by atoms with Crippen LogP contribution in [0, 0.1) is 0 Å². The molecule has 46 valence electrons. The topological polar surface area (TPSA) is 43.1 Å². The van der Waals surface area contributed by atoms with Crippen molar-refractivity contribution in [2.75, 3.05) is 5.73 Å². The van der Waals surface area contributed by atoms with Gasteiger partial charge in [0.15, 0.2) is 6.26 Å². The summed E-state index contributed by atoms with van der Waals surface area (Å²) in [5.74, 6) is 0. The van der Waals surface area contributed by atoms with Crippen LogP contribution in [0.1, 0.15) is 11.7 Å². The highest BCUT2D eigenvalue weighted by atomic mass is 16.1. The summed E-state index contributed by atoms with van der Waals surface area (Å²) in [5, 5.41) is 0. The second-order valence-corrected chi connectivity index (χ2v) is 1.69. The molecule has 2 nitrogen and oxygen atoms in total. The number of para-hydroxylation sites is 1. The lowest BCUT2D eigenvalue weighted by Gasteiger charge is -1.92. The van der Waals surface area contributed by atoms with E-state index in [1.807, 2.05) is 0 Å². The van der Waals surface area contributed by atoms with E-state index in [0.717, 1.165) is 0 Å². The van der Waals surface area contributed by atoms with E-state index in [2.05, 4.69) is 0 Å². The van der Waals surface area contributed by atoms with Gasteiger partial charge in [0, 0.05) is 11.3 Å². The summed E-state index contributed by atoms with van der Waals surface area (Å²) < 4.78 is 6.74. The molecule has 0 unspecified atom stereocenters. The molecule has 0 aliphatic heterocycles. The SMILES string of the molecule is [3H]C(=O)c1ccccc1N. The molecule has 0 aliphatic rings. The number of anilines is 1. The van der Waals surface area contributed by atoms with Crippen molar-refractivity contribution in [3.8, 4) is 0 Å². The molecule has 0 bridgehead atoms. The summed E-state index contributed by atoms with van der Waals surface area (Å²) in [4.78, 5) is 10.5. The summed E-state index contributed by atoms with van der Waals surface area (Å²) in [6, 6.07) is 6.53. The van der Waals surface area contributed by atoms with E-state index in [-0.39, 0.29) is 5.56 Å². The van der Waals surface area contributed by atoms with Crippen molar-refractivity contribution in [3.05, 3.63) is 29.8 Å². The van der Waals surface area contributed by atoms with Gasteiger partial charge in [-0.2, -0.15) is 0 Å². The fourth-order valence-electron chi connectivity index (χ4n) is 0.590. The Morgan fingerprint density at radius 3 is 2.67 bits per heavy atom. The molecule has 0 amide bonds. The molecule has 0 heterocycles. The van der Waals surface area contributed by atoms with Gasteiger partial charge < -0.3 is 5.73 Å². The summed E-state index contributed by atoms with van der Waals surface area (Å²) in [5.41, 5.74) is 6.01. The number of carbonyl (C=O) groups is 1. The third-order valence-electron chi connectivity index (χ3n) is 1.07. The van der Waals surface area contributed by atoms with E-state index in [1.165, 1.54) is 6.07 Å². The van der Waals surface area contributed by atoms with Gasteiger partial charge >= 0.3 is 0 Å². The standard InChI is InChI=1S/C7H7NO/c8-7-4-2-1-3-6(7)5-9/h1-5H,8H2/i5T. The minimum atomic E-state index is -0.738. The average molecular weight is 123 g/mol. The van der Waals surface area contributed by atoms with Crippen LogP contribution in [-0.2, 0) is 0 Å². The number of aldehydes is 1. The van der Waals surface area contributed by atoms with Gasteiger partial charge in [0.2, 0.25) is 0 Å². The molecule has 1 rings (SSSR count). The minimum absolute atomic E-state index is 0.266. The van der Waals surface area contributed by atoms with Gasteiger partial charge in [-0.25, -0.2) is 0 Å². The summed E-state index contributed by atoms with van der Waals surface area (Å²) >= 11 is 0. The van der Waals surface area contributed by atoms with E-state index < -0.39 is 6.26 Å². The Hall–Kier alpha value is -1.31. The fraction of sp³-hybridized carbons (Fsp3) is 0. The highest BCUT2D eigenvalue weighted by molar-refractivity contribution is 5.82. The van der Waals surface area contributed by atoms with Crippen LogP contribution in [0.25, 0.3) is 0 Å². The van der Waals surface area contributed by atoms with Crippen LogP contribution < -0.4 is 5.73 Å². The van der Waals surface area contributed by atoms with Crippen molar-refractivity contribution in [2.45, 2.75) is 0 Å². The molecule has 2 N–H and O–H groups in total. The molecule has 0 saturated carbocycles. The Kier molecular flexibility index (Phi) is 1.17. The fourth-order valence-corrected chi connectivity index (χ4v) is 0.590. The van der Waals surface area contributed by atoms with Crippen molar-refractivity contribution < 1.29 is 6.17 Å². The van der Waals surface area contributed by atoms with Crippen LogP contribution in [0.5, 0.6) is 0 Å². The van der Waals surface area contributed by atoms with Crippen LogP contribution in [0.4, 0.5) is 5.69 Å². The van der Waals surface area contributed by atoms with Gasteiger partial charge in [0.05, 0.1) is 0 Å². The maximum atomic E-state index is 10.5. The zero-order valence-corrected chi connectivity index (χ0v) is 4.79. The number of nitrogen functional groups attached to an aromatic ring is 1. The Morgan fingerprint density at radius 1 is 1.56 bits per heavy atom. The molecule has 0 fully saturated rings. The second-order valence-electron chi connectivity index (χ2n) is 1.69. The third-order valence-corrected chi connectivity index (χ3v) is 1.07. The largest absolute Gasteiger partial charge is 0.398 e. The van der Waals surface area contributed by atoms with Crippen LogP contribution in [0.2, 0.25) is 0 Å². The predicted octanol–water partition coefficient (Wildman–Crippen LogP) is 1.08. The molecule has 2 heteroatoms. The van der Waals surface area contributed by atoms with Crippen LogP contribution in [-0.4, -0.2) is 6.26 Å². The Bertz CT molecular complexity index is 260. The first-order valence-electron chi connectivity index (χ1n) is 3.07. The number of carbonyl (C=O) groups excluding carboxylic acids is 1. The monoisotopic (exact) mass is 123 g/mol. The molecular weight excluding hydrogens is 114 g/mol. The smallest absolute Gasteiger partial charge is 0.152 e. The molecule has 0 atom stereocenters. The Morgan fingerprint density at radius 2 is 2.22 bits per heavy atom. The van der Waals surface area contributed by atoms with Gasteiger partial charge in [-0.15, -0.1) is 0 Å². The van der Waals surface area contributed by atoms with E-state index in [1.54, 1.807) is 18.2 Å². The molecular formula is C7H7NO. The van der Waals surface area contributed by atoms with Crippen molar-refractivity contribution in [1.82, 2.24) is 0 Å². The number of nitrogens with two attached hydrogens (primary N) is 1. The molecule has 0 radical (unpaired) electrons. The van der Waals surface area contributed by atoms with E-state index in [4.69, 9.17) is 7.10 Å². The first-order chi connectivity index (χ1) is 4.72.